The largest absolute Gasteiger partial charge is 0.496 e. The Kier molecular flexibility index (Phi) is 6.22. The molecule has 154 valence electrons. The fraction of sp³-hybridized carbons (Fsp3) is 0.333. The Balaban J connectivity index is 1.89. The number of para-hydroxylation sites is 1. The first-order valence-corrected chi connectivity index (χ1v) is 11.2. The molecule has 0 fully saturated rings. The minimum absolute atomic E-state index is 0.0101. The first-order valence-electron chi connectivity index (χ1n) is 9.52. The maximum Gasteiger partial charge on any atom is 0.242 e. The van der Waals surface area contributed by atoms with E-state index < -0.39 is 10.0 Å². The second-order valence-electron chi connectivity index (χ2n) is 6.68. The number of rotatable bonds is 7. The van der Waals surface area contributed by atoms with E-state index in [0.29, 0.717) is 24.3 Å². The zero-order chi connectivity index (χ0) is 21.0. The average molecular weight is 416 g/mol. The Morgan fingerprint density at radius 2 is 1.86 bits per heavy atom. The van der Waals surface area contributed by atoms with Gasteiger partial charge in [0.1, 0.15) is 5.75 Å². The second kappa shape index (κ2) is 8.65. The third kappa shape index (κ3) is 4.59. The van der Waals surface area contributed by atoms with Crippen molar-refractivity contribution in [3.05, 3.63) is 59.7 Å². The number of carbonyl (C=O) groups excluding carboxylic acids is 1. The van der Waals surface area contributed by atoms with E-state index in [2.05, 4.69) is 9.82 Å². The molecule has 1 heterocycles. The quantitative estimate of drug-likeness (QED) is 0.749. The number of hydrogen-bond donors (Lipinski definition) is 1. The van der Waals surface area contributed by atoms with Crippen molar-refractivity contribution in [2.75, 3.05) is 17.6 Å². The van der Waals surface area contributed by atoms with Gasteiger partial charge in [0.25, 0.3) is 0 Å². The first-order chi connectivity index (χ1) is 13.9. The van der Waals surface area contributed by atoms with E-state index in [4.69, 9.17) is 4.74 Å². The van der Waals surface area contributed by atoms with Crippen molar-refractivity contribution in [3.8, 4) is 5.75 Å². The molecule has 29 heavy (non-hydrogen) atoms. The van der Waals surface area contributed by atoms with Gasteiger partial charge in [0.2, 0.25) is 15.9 Å². The third-order valence-corrected chi connectivity index (χ3v) is 6.14. The molecule has 0 saturated carbocycles. The summed E-state index contributed by atoms with van der Waals surface area (Å²) >= 11 is 0. The molecule has 0 aliphatic carbocycles. The molecule has 1 atom stereocenters. The number of ether oxygens (including phenoxy) is 1. The standard InChI is InChI=1S/C21H25N3O4S/c1-4-21(25)24-19(17-8-6-7-9-20(17)28-3)14-18(22-24)15-10-12-16(13-11-15)23-29(26,27)5-2/h6-13,19,23H,4-5,14H2,1-3H3/t19-/m0/s1. The molecule has 0 radical (unpaired) electrons. The molecular weight excluding hydrogens is 390 g/mol. The van der Waals surface area contributed by atoms with E-state index in [1.165, 1.54) is 5.01 Å². The maximum atomic E-state index is 12.5. The van der Waals surface area contributed by atoms with Crippen LogP contribution in [0.25, 0.3) is 0 Å². The summed E-state index contributed by atoms with van der Waals surface area (Å²) in [6.45, 7) is 3.39. The van der Waals surface area contributed by atoms with Gasteiger partial charge in [-0.3, -0.25) is 9.52 Å². The highest BCUT2D eigenvalue weighted by molar-refractivity contribution is 7.92. The van der Waals surface area contributed by atoms with Gasteiger partial charge < -0.3 is 4.74 Å². The van der Waals surface area contributed by atoms with Gasteiger partial charge in [-0.1, -0.05) is 37.3 Å². The number of amides is 1. The van der Waals surface area contributed by atoms with Gasteiger partial charge in [0.05, 0.1) is 24.6 Å². The van der Waals surface area contributed by atoms with E-state index in [0.717, 1.165) is 16.8 Å². The minimum atomic E-state index is -3.33. The number of sulfonamides is 1. The first kappa shape index (κ1) is 20.9. The van der Waals surface area contributed by atoms with Crippen LogP contribution in [0.2, 0.25) is 0 Å². The lowest BCUT2D eigenvalue weighted by Crippen LogP contribution is -2.26. The summed E-state index contributed by atoms with van der Waals surface area (Å²) < 4.78 is 31.5. The summed E-state index contributed by atoms with van der Waals surface area (Å²) in [6.07, 6.45) is 0.895. The van der Waals surface area contributed by atoms with Gasteiger partial charge in [-0.2, -0.15) is 5.10 Å². The van der Waals surface area contributed by atoms with Gasteiger partial charge in [-0.25, -0.2) is 13.4 Å². The minimum Gasteiger partial charge on any atom is -0.496 e. The van der Waals surface area contributed by atoms with Crippen LogP contribution in [0.3, 0.4) is 0 Å². The van der Waals surface area contributed by atoms with E-state index in [9.17, 15) is 13.2 Å². The lowest BCUT2D eigenvalue weighted by Gasteiger charge is -2.23. The van der Waals surface area contributed by atoms with Crippen LogP contribution in [-0.4, -0.2) is 37.9 Å². The summed E-state index contributed by atoms with van der Waals surface area (Å²) in [6, 6.07) is 14.4. The molecule has 3 rings (SSSR count). The average Bonchev–Trinajstić information content (AvgIpc) is 3.18. The van der Waals surface area contributed by atoms with Gasteiger partial charge in [-0.15, -0.1) is 0 Å². The lowest BCUT2D eigenvalue weighted by molar-refractivity contribution is -0.132. The van der Waals surface area contributed by atoms with Crippen LogP contribution in [0.4, 0.5) is 5.69 Å². The molecule has 2 aromatic carbocycles. The molecule has 0 aromatic heterocycles. The van der Waals surface area contributed by atoms with Gasteiger partial charge in [0.15, 0.2) is 0 Å². The number of benzene rings is 2. The molecule has 1 amide bonds. The van der Waals surface area contributed by atoms with Crippen molar-refractivity contribution in [3.63, 3.8) is 0 Å². The molecule has 0 bridgehead atoms. The van der Waals surface area contributed by atoms with Gasteiger partial charge >= 0.3 is 0 Å². The Bertz CT molecular complexity index is 1020. The number of nitrogens with one attached hydrogen (secondary N) is 1. The van der Waals surface area contributed by atoms with Crippen molar-refractivity contribution in [2.24, 2.45) is 5.10 Å². The molecule has 1 aliphatic heterocycles. The molecule has 2 aromatic rings. The number of carbonyl (C=O) groups is 1. The number of hydrazone groups is 1. The van der Waals surface area contributed by atoms with Crippen molar-refractivity contribution in [1.82, 2.24) is 5.01 Å². The van der Waals surface area contributed by atoms with Crippen LogP contribution < -0.4 is 9.46 Å². The smallest absolute Gasteiger partial charge is 0.242 e. The Morgan fingerprint density at radius 1 is 1.17 bits per heavy atom. The SMILES string of the molecule is CCC(=O)N1N=C(c2ccc(NS(=O)(=O)CC)cc2)C[C@H]1c1ccccc1OC. The van der Waals surface area contributed by atoms with Gasteiger partial charge in [0, 0.05) is 24.1 Å². The third-order valence-electron chi connectivity index (χ3n) is 4.84. The molecule has 8 heteroatoms. The highest BCUT2D eigenvalue weighted by Crippen LogP contribution is 2.37. The van der Waals surface area contributed by atoms with Crippen LogP contribution in [-0.2, 0) is 14.8 Å². The van der Waals surface area contributed by atoms with Crippen LogP contribution in [0.1, 0.15) is 43.9 Å². The van der Waals surface area contributed by atoms with E-state index >= 15 is 0 Å². The molecule has 7 nitrogen and oxygen atoms in total. The monoisotopic (exact) mass is 415 g/mol. The predicted octanol–water partition coefficient (Wildman–Crippen LogP) is 3.54. The van der Waals surface area contributed by atoms with E-state index in [1.54, 1.807) is 26.2 Å². The van der Waals surface area contributed by atoms with Crippen molar-refractivity contribution >= 4 is 27.3 Å². The normalized spacial score (nSPS) is 16.4. The van der Waals surface area contributed by atoms with Gasteiger partial charge in [-0.05, 0) is 30.7 Å². The molecular formula is C21H25N3O4S. The lowest BCUT2D eigenvalue weighted by atomic mass is 9.97. The summed E-state index contributed by atoms with van der Waals surface area (Å²) in [4.78, 5) is 12.5. The molecule has 1 aliphatic rings. The van der Waals surface area contributed by atoms with Crippen molar-refractivity contribution in [2.45, 2.75) is 32.7 Å². The zero-order valence-electron chi connectivity index (χ0n) is 16.8. The predicted molar refractivity (Wildman–Crippen MR) is 114 cm³/mol. The Labute approximate surface area is 171 Å². The maximum absolute atomic E-state index is 12.5. The molecule has 1 N–H and O–H groups in total. The highest BCUT2D eigenvalue weighted by atomic mass is 32.2. The summed E-state index contributed by atoms with van der Waals surface area (Å²) in [7, 11) is -1.72. The second-order valence-corrected chi connectivity index (χ2v) is 8.69. The van der Waals surface area contributed by atoms with Crippen molar-refractivity contribution in [1.29, 1.82) is 0 Å². The van der Waals surface area contributed by atoms with Crippen LogP contribution in [0.15, 0.2) is 53.6 Å². The topological polar surface area (TPSA) is 88.1 Å². The summed E-state index contributed by atoms with van der Waals surface area (Å²) in [5, 5.41) is 6.12. The number of anilines is 1. The van der Waals surface area contributed by atoms with Crippen LogP contribution in [0, 0.1) is 0 Å². The zero-order valence-corrected chi connectivity index (χ0v) is 17.6. The molecule has 0 unspecified atom stereocenters. The van der Waals surface area contributed by atoms with E-state index in [-0.39, 0.29) is 17.7 Å². The summed E-state index contributed by atoms with van der Waals surface area (Å²) in [5.74, 6) is 0.659. The molecule has 0 spiro atoms. The molecule has 0 saturated heterocycles. The number of hydrogen-bond acceptors (Lipinski definition) is 5. The van der Waals surface area contributed by atoms with Crippen LogP contribution >= 0.6 is 0 Å². The fourth-order valence-electron chi connectivity index (χ4n) is 3.24. The Morgan fingerprint density at radius 3 is 2.48 bits per heavy atom. The highest BCUT2D eigenvalue weighted by Gasteiger charge is 2.33. The van der Waals surface area contributed by atoms with Crippen molar-refractivity contribution < 1.29 is 17.9 Å². The fourth-order valence-corrected chi connectivity index (χ4v) is 3.88. The van der Waals surface area contributed by atoms with E-state index in [1.807, 2.05) is 43.3 Å². The number of methoxy groups -OCH3 is 1. The number of nitrogens with zero attached hydrogens (tertiary/aromatic N) is 2. The van der Waals surface area contributed by atoms with Crippen LogP contribution in [0.5, 0.6) is 5.75 Å². The summed E-state index contributed by atoms with van der Waals surface area (Å²) in [5.41, 5.74) is 3.02. The Hall–Kier alpha value is -2.87.